The molecular weight excluding hydrogens is 300 g/mol. The summed E-state index contributed by atoms with van der Waals surface area (Å²) in [5, 5.41) is 14.6. The molecule has 3 rings (SSSR count). The Balaban J connectivity index is 1.69. The Morgan fingerprint density at radius 1 is 1.04 bits per heavy atom. The molecule has 1 fully saturated rings. The molecule has 126 valence electrons. The van der Waals surface area contributed by atoms with Crippen LogP contribution in [0.15, 0.2) is 24.3 Å². The number of anilines is 2. The van der Waals surface area contributed by atoms with Gasteiger partial charge in [-0.2, -0.15) is 0 Å². The van der Waals surface area contributed by atoms with Gasteiger partial charge in [0.1, 0.15) is 0 Å². The summed E-state index contributed by atoms with van der Waals surface area (Å²) in [5.74, 6) is 0.506. The van der Waals surface area contributed by atoms with E-state index < -0.39 is 0 Å². The molecule has 0 atom stereocenters. The van der Waals surface area contributed by atoms with Crippen molar-refractivity contribution in [2.75, 3.05) is 5.32 Å². The van der Waals surface area contributed by atoms with Gasteiger partial charge in [-0.3, -0.25) is 4.79 Å². The van der Waals surface area contributed by atoms with Crippen LogP contribution in [0.2, 0.25) is 0 Å². The second-order valence-corrected chi connectivity index (χ2v) is 6.66. The number of aryl methyl sites for hydroxylation is 3. The summed E-state index contributed by atoms with van der Waals surface area (Å²) < 4.78 is 0. The number of hydrogen-bond donors (Lipinski definition) is 2. The summed E-state index contributed by atoms with van der Waals surface area (Å²) in [4.78, 5) is 12.2. The smallest absolute Gasteiger partial charge is 0.272 e. The van der Waals surface area contributed by atoms with E-state index in [0.29, 0.717) is 11.5 Å². The Bertz CT molecular complexity index is 711. The van der Waals surface area contributed by atoms with Crippen LogP contribution >= 0.6 is 0 Å². The summed E-state index contributed by atoms with van der Waals surface area (Å²) in [6, 6.07) is 8.07. The molecule has 2 N–H and O–H groups in total. The highest BCUT2D eigenvalue weighted by atomic mass is 16.2. The molecule has 5 heteroatoms. The van der Waals surface area contributed by atoms with Gasteiger partial charge in [-0.05, 0) is 56.9 Å². The molecule has 0 spiro atoms. The minimum atomic E-state index is -0.136. The highest BCUT2D eigenvalue weighted by Crippen LogP contribution is 2.25. The maximum atomic E-state index is 12.2. The average Bonchev–Trinajstić information content (AvgIpc) is 3.04. The quantitative estimate of drug-likeness (QED) is 0.897. The van der Waals surface area contributed by atoms with E-state index in [0.717, 1.165) is 29.7 Å². The highest BCUT2D eigenvalue weighted by Gasteiger charge is 2.18. The van der Waals surface area contributed by atoms with Gasteiger partial charge in [-0.25, -0.2) is 0 Å². The van der Waals surface area contributed by atoms with Crippen LogP contribution in [-0.4, -0.2) is 22.1 Å². The number of hydrogen-bond acceptors (Lipinski definition) is 4. The van der Waals surface area contributed by atoms with Gasteiger partial charge in [0.15, 0.2) is 11.5 Å². The molecule has 1 aliphatic carbocycles. The molecular formula is C19H24N4O. The van der Waals surface area contributed by atoms with Crippen LogP contribution in [-0.2, 0) is 0 Å². The lowest BCUT2D eigenvalue weighted by Gasteiger charge is -2.13. The maximum absolute atomic E-state index is 12.2. The van der Waals surface area contributed by atoms with Gasteiger partial charge in [0.2, 0.25) is 0 Å². The third-order valence-corrected chi connectivity index (χ3v) is 4.52. The number of amides is 1. The van der Waals surface area contributed by atoms with E-state index in [-0.39, 0.29) is 11.9 Å². The van der Waals surface area contributed by atoms with Gasteiger partial charge in [-0.1, -0.05) is 30.5 Å². The van der Waals surface area contributed by atoms with Crippen LogP contribution in [0.5, 0.6) is 0 Å². The molecule has 0 aliphatic heterocycles. The molecule has 1 aromatic carbocycles. The number of carbonyl (C=O) groups excluding carboxylic acids is 1. The van der Waals surface area contributed by atoms with Crippen molar-refractivity contribution in [2.45, 2.75) is 52.5 Å². The van der Waals surface area contributed by atoms with Crippen molar-refractivity contribution in [1.82, 2.24) is 15.5 Å². The number of nitrogens with one attached hydrogen (secondary N) is 2. The van der Waals surface area contributed by atoms with Gasteiger partial charge >= 0.3 is 0 Å². The lowest BCUT2D eigenvalue weighted by Crippen LogP contribution is -2.33. The first-order valence-corrected chi connectivity index (χ1v) is 8.52. The average molecular weight is 324 g/mol. The minimum absolute atomic E-state index is 0.136. The molecule has 1 saturated carbocycles. The SMILES string of the molecule is Cc1cc(C)c(Nc2ccc(C(=O)NC3CCCC3)nn2)c(C)c1. The molecule has 0 bridgehead atoms. The molecule has 5 nitrogen and oxygen atoms in total. The predicted molar refractivity (Wildman–Crippen MR) is 95.7 cm³/mol. The summed E-state index contributed by atoms with van der Waals surface area (Å²) in [7, 11) is 0. The van der Waals surface area contributed by atoms with Crippen molar-refractivity contribution in [3.05, 3.63) is 46.6 Å². The molecule has 1 aliphatic rings. The zero-order valence-corrected chi connectivity index (χ0v) is 14.5. The molecule has 0 saturated heterocycles. The molecule has 1 aromatic heterocycles. The van der Waals surface area contributed by atoms with Crippen LogP contribution < -0.4 is 10.6 Å². The second kappa shape index (κ2) is 6.99. The summed E-state index contributed by atoms with van der Waals surface area (Å²) in [6.45, 7) is 6.22. The number of nitrogens with zero attached hydrogens (tertiary/aromatic N) is 2. The van der Waals surface area contributed by atoms with Crippen LogP contribution in [0.4, 0.5) is 11.5 Å². The van der Waals surface area contributed by atoms with Crippen molar-refractivity contribution >= 4 is 17.4 Å². The van der Waals surface area contributed by atoms with Gasteiger partial charge < -0.3 is 10.6 Å². The minimum Gasteiger partial charge on any atom is -0.348 e. The number of rotatable bonds is 4. The first-order chi connectivity index (χ1) is 11.5. The van der Waals surface area contributed by atoms with E-state index in [1.165, 1.54) is 18.4 Å². The fourth-order valence-corrected chi connectivity index (χ4v) is 3.35. The Kier molecular flexibility index (Phi) is 4.79. The lowest BCUT2D eigenvalue weighted by atomic mass is 10.1. The molecule has 1 amide bonds. The van der Waals surface area contributed by atoms with E-state index in [9.17, 15) is 4.79 Å². The second-order valence-electron chi connectivity index (χ2n) is 6.66. The van der Waals surface area contributed by atoms with Gasteiger partial charge in [-0.15, -0.1) is 10.2 Å². The summed E-state index contributed by atoms with van der Waals surface area (Å²) in [6.07, 6.45) is 4.50. The molecule has 24 heavy (non-hydrogen) atoms. The van der Waals surface area contributed by atoms with Gasteiger partial charge in [0.05, 0.1) is 0 Å². The van der Waals surface area contributed by atoms with Crippen LogP contribution in [0.25, 0.3) is 0 Å². The van der Waals surface area contributed by atoms with Crippen LogP contribution in [0.1, 0.15) is 52.9 Å². The third kappa shape index (κ3) is 3.72. The van der Waals surface area contributed by atoms with Crippen LogP contribution in [0, 0.1) is 20.8 Å². The zero-order chi connectivity index (χ0) is 17.1. The van der Waals surface area contributed by atoms with E-state index in [1.54, 1.807) is 12.1 Å². The Hall–Kier alpha value is -2.43. The standard InChI is InChI=1S/C19H24N4O/c1-12-10-13(2)18(14(3)11-12)21-17-9-8-16(22-23-17)19(24)20-15-6-4-5-7-15/h8-11,15H,4-7H2,1-3H3,(H,20,24)(H,21,23). The first-order valence-electron chi connectivity index (χ1n) is 8.52. The Labute approximate surface area is 142 Å². The fraction of sp³-hybridized carbons (Fsp3) is 0.421. The normalized spacial score (nSPS) is 14.6. The van der Waals surface area contributed by atoms with Crippen LogP contribution in [0.3, 0.4) is 0 Å². The number of carbonyl (C=O) groups is 1. The third-order valence-electron chi connectivity index (χ3n) is 4.52. The van der Waals surface area contributed by atoms with Crippen molar-refractivity contribution in [1.29, 1.82) is 0 Å². The zero-order valence-electron chi connectivity index (χ0n) is 14.5. The van der Waals surface area contributed by atoms with Crippen molar-refractivity contribution in [3.63, 3.8) is 0 Å². The van der Waals surface area contributed by atoms with Crippen molar-refractivity contribution < 1.29 is 4.79 Å². The molecule has 0 radical (unpaired) electrons. The molecule has 0 unspecified atom stereocenters. The van der Waals surface area contributed by atoms with Gasteiger partial charge in [0.25, 0.3) is 5.91 Å². The predicted octanol–water partition coefficient (Wildman–Crippen LogP) is 3.82. The maximum Gasteiger partial charge on any atom is 0.272 e. The number of aromatic nitrogens is 2. The first kappa shape index (κ1) is 16.4. The van der Waals surface area contributed by atoms with Crippen molar-refractivity contribution in [3.8, 4) is 0 Å². The van der Waals surface area contributed by atoms with E-state index in [1.807, 2.05) is 0 Å². The summed E-state index contributed by atoms with van der Waals surface area (Å²) >= 11 is 0. The van der Waals surface area contributed by atoms with Gasteiger partial charge in [0, 0.05) is 11.7 Å². The van der Waals surface area contributed by atoms with E-state index in [2.05, 4.69) is 53.7 Å². The monoisotopic (exact) mass is 324 g/mol. The lowest BCUT2D eigenvalue weighted by molar-refractivity contribution is 0.0932. The summed E-state index contributed by atoms with van der Waals surface area (Å²) in [5.41, 5.74) is 4.97. The largest absolute Gasteiger partial charge is 0.348 e. The number of benzene rings is 1. The molecule has 1 heterocycles. The van der Waals surface area contributed by atoms with Crippen molar-refractivity contribution in [2.24, 2.45) is 0 Å². The Morgan fingerprint density at radius 3 is 2.29 bits per heavy atom. The van der Waals surface area contributed by atoms with E-state index >= 15 is 0 Å². The molecule has 2 aromatic rings. The highest BCUT2D eigenvalue weighted by molar-refractivity contribution is 5.92. The Morgan fingerprint density at radius 2 is 1.71 bits per heavy atom. The van der Waals surface area contributed by atoms with E-state index in [4.69, 9.17) is 0 Å². The topological polar surface area (TPSA) is 66.9 Å². The fourth-order valence-electron chi connectivity index (χ4n) is 3.35.